The van der Waals surface area contributed by atoms with Crippen LogP contribution in [0.15, 0.2) is 48.9 Å². The number of nitrogens with one attached hydrogen (secondary N) is 1. The number of halogens is 5. The largest absolute Gasteiger partial charge is 0.417 e. The van der Waals surface area contributed by atoms with Crippen LogP contribution in [0.25, 0.3) is 11.4 Å². The van der Waals surface area contributed by atoms with Crippen molar-refractivity contribution in [1.29, 1.82) is 0 Å². The molecule has 2 bridgehead atoms. The fourth-order valence-corrected chi connectivity index (χ4v) is 4.83. The summed E-state index contributed by atoms with van der Waals surface area (Å²) < 4.78 is 67.6. The van der Waals surface area contributed by atoms with E-state index in [1.807, 2.05) is 0 Å². The Morgan fingerprint density at radius 3 is 2.50 bits per heavy atom. The first-order valence-electron chi connectivity index (χ1n) is 10.6. The molecule has 3 atom stereocenters. The lowest BCUT2D eigenvalue weighted by Gasteiger charge is -2.26. The number of fused-ring (bicyclic) bond motifs is 2. The van der Waals surface area contributed by atoms with Crippen LogP contribution < -0.4 is 5.32 Å². The molecule has 2 aliphatic heterocycles. The first-order valence-corrected chi connectivity index (χ1v) is 10.6. The maximum atomic E-state index is 14.9. The van der Waals surface area contributed by atoms with E-state index in [4.69, 9.17) is 0 Å². The standard InChI is InChI=1S/C23H18F5N5O/c24-15-4-1-3-14(20-29-7-2-8-30-20)19(15)22(34)33-13-5-6-18(33)17(10-13)32-21-16(25)9-12(11-31-21)23(26,27)28/h1-4,7-9,11,13,17-18H,5-6,10H2,(H,31,32). The first-order chi connectivity index (χ1) is 16.2. The molecule has 1 aromatic carbocycles. The highest BCUT2D eigenvalue weighted by Gasteiger charge is 2.49. The smallest absolute Gasteiger partial charge is 0.363 e. The van der Waals surface area contributed by atoms with E-state index in [0.29, 0.717) is 31.5 Å². The van der Waals surface area contributed by atoms with E-state index in [1.54, 1.807) is 17.0 Å². The van der Waals surface area contributed by atoms with Crippen LogP contribution in [-0.4, -0.2) is 43.9 Å². The number of alkyl halides is 3. The zero-order chi connectivity index (χ0) is 24.0. The summed E-state index contributed by atoms with van der Waals surface area (Å²) in [5.74, 6) is -2.47. The lowest BCUT2D eigenvalue weighted by atomic mass is 9.95. The topological polar surface area (TPSA) is 71.0 Å². The Morgan fingerprint density at radius 2 is 1.79 bits per heavy atom. The van der Waals surface area contributed by atoms with Crippen LogP contribution in [0.4, 0.5) is 27.8 Å². The highest BCUT2D eigenvalue weighted by molar-refractivity contribution is 6.01. The first kappa shape index (κ1) is 22.2. The number of hydrogen-bond acceptors (Lipinski definition) is 5. The van der Waals surface area contributed by atoms with Crippen LogP contribution in [0.3, 0.4) is 0 Å². The summed E-state index contributed by atoms with van der Waals surface area (Å²) in [7, 11) is 0. The Labute approximate surface area is 190 Å². The predicted octanol–water partition coefficient (Wildman–Crippen LogP) is 4.69. The van der Waals surface area contributed by atoms with Gasteiger partial charge in [-0.1, -0.05) is 12.1 Å². The molecular weight excluding hydrogens is 457 g/mol. The van der Waals surface area contributed by atoms with E-state index in [1.165, 1.54) is 24.5 Å². The third-order valence-corrected chi connectivity index (χ3v) is 6.30. The summed E-state index contributed by atoms with van der Waals surface area (Å²) in [4.78, 5) is 27.0. The Bertz CT molecular complexity index is 1240. The van der Waals surface area contributed by atoms with Crippen molar-refractivity contribution in [2.24, 2.45) is 0 Å². The highest BCUT2D eigenvalue weighted by Crippen LogP contribution is 2.41. The van der Waals surface area contributed by atoms with Gasteiger partial charge in [-0.05, 0) is 37.5 Å². The third kappa shape index (κ3) is 3.84. The number of nitrogens with zero attached hydrogens (tertiary/aromatic N) is 4. The zero-order valence-electron chi connectivity index (χ0n) is 17.6. The van der Waals surface area contributed by atoms with Crippen molar-refractivity contribution in [2.75, 3.05) is 5.32 Å². The molecule has 4 heterocycles. The van der Waals surface area contributed by atoms with Crippen molar-refractivity contribution in [3.05, 3.63) is 71.7 Å². The number of carbonyl (C=O) groups excluding carboxylic acids is 1. The minimum Gasteiger partial charge on any atom is -0.363 e. The van der Waals surface area contributed by atoms with Crippen molar-refractivity contribution in [2.45, 2.75) is 43.6 Å². The molecule has 5 rings (SSSR count). The van der Waals surface area contributed by atoms with Crippen LogP contribution in [0.5, 0.6) is 0 Å². The van der Waals surface area contributed by atoms with Gasteiger partial charge < -0.3 is 10.2 Å². The van der Waals surface area contributed by atoms with Gasteiger partial charge in [-0.2, -0.15) is 13.2 Å². The molecule has 176 valence electrons. The molecule has 0 saturated carbocycles. The molecular formula is C23H18F5N5O. The molecule has 2 saturated heterocycles. The summed E-state index contributed by atoms with van der Waals surface area (Å²) in [5, 5.41) is 2.85. The maximum absolute atomic E-state index is 14.9. The second-order valence-corrected chi connectivity index (χ2v) is 8.28. The normalized spacial score (nSPS) is 21.7. The fraction of sp³-hybridized carbons (Fsp3) is 0.304. The number of rotatable bonds is 4. The van der Waals surface area contributed by atoms with Gasteiger partial charge in [0.25, 0.3) is 5.91 Å². The third-order valence-electron chi connectivity index (χ3n) is 6.30. The van der Waals surface area contributed by atoms with Gasteiger partial charge >= 0.3 is 6.18 Å². The number of hydrogen-bond donors (Lipinski definition) is 1. The average Bonchev–Trinajstić information content (AvgIpc) is 3.37. The van der Waals surface area contributed by atoms with Crippen molar-refractivity contribution in [3.8, 4) is 11.4 Å². The molecule has 2 aromatic heterocycles. The maximum Gasteiger partial charge on any atom is 0.417 e. The number of carbonyl (C=O) groups is 1. The van der Waals surface area contributed by atoms with E-state index in [-0.39, 0.29) is 28.8 Å². The van der Waals surface area contributed by atoms with Crippen LogP contribution in [-0.2, 0) is 6.18 Å². The summed E-state index contributed by atoms with van der Waals surface area (Å²) in [5.41, 5.74) is -1.07. The van der Waals surface area contributed by atoms with Gasteiger partial charge in [-0.15, -0.1) is 0 Å². The zero-order valence-corrected chi connectivity index (χ0v) is 17.6. The Hall–Kier alpha value is -3.63. The molecule has 2 fully saturated rings. The molecule has 6 nitrogen and oxygen atoms in total. The summed E-state index contributed by atoms with van der Waals surface area (Å²) in [6, 6.07) is 5.16. The molecule has 0 aliphatic carbocycles. The van der Waals surface area contributed by atoms with E-state index >= 15 is 0 Å². The van der Waals surface area contributed by atoms with E-state index < -0.39 is 41.4 Å². The van der Waals surface area contributed by atoms with Crippen LogP contribution in [0.1, 0.15) is 35.2 Å². The summed E-state index contributed by atoms with van der Waals surface area (Å²) in [6.45, 7) is 0. The van der Waals surface area contributed by atoms with E-state index in [0.717, 1.165) is 0 Å². The van der Waals surface area contributed by atoms with Crippen molar-refractivity contribution < 1.29 is 26.7 Å². The molecule has 3 unspecified atom stereocenters. The predicted molar refractivity (Wildman–Crippen MR) is 112 cm³/mol. The monoisotopic (exact) mass is 475 g/mol. The van der Waals surface area contributed by atoms with Gasteiger partial charge in [0.15, 0.2) is 17.5 Å². The van der Waals surface area contributed by atoms with Gasteiger partial charge in [-0.3, -0.25) is 4.79 Å². The molecule has 1 amide bonds. The SMILES string of the molecule is O=C(c1c(F)cccc1-c1ncccn1)N1C2CCC1C(Nc1ncc(C(F)(F)F)cc1F)C2. The minimum atomic E-state index is -4.71. The van der Waals surface area contributed by atoms with Crippen LogP contribution in [0, 0.1) is 11.6 Å². The molecule has 34 heavy (non-hydrogen) atoms. The minimum absolute atomic E-state index is 0.148. The highest BCUT2D eigenvalue weighted by atomic mass is 19.4. The number of aromatic nitrogens is 3. The van der Waals surface area contributed by atoms with Crippen molar-refractivity contribution in [3.63, 3.8) is 0 Å². The quantitative estimate of drug-likeness (QED) is 0.555. The van der Waals surface area contributed by atoms with Crippen LogP contribution >= 0.6 is 0 Å². The number of amides is 1. The number of anilines is 1. The molecule has 11 heteroatoms. The Kier molecular flexibility index (Phi) is 5.41. The van der Waals surface area contributed by atoms with Gasteiger partial charge in [0.2, 0.25) is 0 Å². The van der Waals surface area contributed by atoms with Crippen molar-refractivity contribution >= 4 is 11.7 Å². The van der Waals surface area contributed by atoms with Gasteiger partial charge in [0.1, 0.15) is 5.82 Å². The molecule has 0 radical (unpaired) electrons. The summed E-state index contributed by atoms with van der Waals surface area (Å²) in [6.07, 6.45) is 0.545. The van der Waals surface area contributed by atoms with E-state index in [2.05, 4.69) is 20.3 Å². The lowest BCUT2D eigenvalue weighted by Crippen LogP contribution is -2.40. The van der Waals surface area contributed by atoms with Crippen LogP contribution in [0.2, 0.25) is 0 Å². The average molecular weight is 475 g/mol. The molecule has 0 spiro atoms. The Morgan fingerprint density at radius 1 is 1.03 bits per heavy atom. The van der Waals surface area contributed by atoms with Crippen molar-refractivity contribution in [1.82, 2.24) is 19.9 Å². The Balaban J connectivity index is 1.41. The number of benzene rings is 1. The second kappa shape index (κ2) is 8.30. The van der Waals surface area contributed by atoms with E-state index in [9.17, 15) is 26.7 Å². The number of pyridine rings is 1. The van der Waals surface area contributed by atoms with Gasteiger partial charge in [0.05, 0.1) is 23.2 Å². The molecule has 3 aromatic rings. The lowest BCUT2D eigenvalue weighted by molar-refractivity contribution is -0.138. The molecule has 1 N–H and O–H groups in total. The fourth-order valence-electron chi connectivity index (χ4n) is 4.83. The van der Waals surface area contributed by atoms with Gasteiger partial charge in [-0.25, -0.2) is 23.7 Å². The summed E-state index contributed by atoms with van der Waals surface area (Å²) >= 11 is 0. The van der Waals surface area contributed by atoms with Gasteiger partial charge in [0, 0.05) is 30.2 Å². The molecule has 2 aliphatic rings. The second-order valence-electron chi connectivity index (χ2n) is 8.28.